The van der Waals surface area contributed by atoms with Crippen molar-refractivity contribution in [1.29, 1.82) is 0 Å². The lowest BCUT2D eigenvalue weighted by atomic mass is 9.77. The molecule has 8 aromatic carbocycles. The van der Waals surface area contributed by atoms with Crippen molar-refractivity contribution in [3.05, 3.63) is 214 Å². The first kappa shape index (κ1) is 36.7. The maximum Gasteiger partial charge on any atom is 0.238 e. The van der Waals surface area contributed by atoms with Crippen LogP contribution in [0.25, 0.3) is 44.3 Å². The summed E-state index contributed by atoms with van der Waals surface area (Å²) in [6.45, 7) is 13.4. The van der Waals surface area contributed by atoms with E-state index in [9.17, 15) is 0 Å². The maximum absolute atomic E-state index is 5.29. The van der Waals surface area contributed by atoms with Crippen LogP contribution in [0.4, 0.5) is 17.3 Å². The number of hydrogen-bond donors (Lipinski definition) is 0. The molecule has 0 fully saturated rings. The van der Waals surface area contributed by atoms with E-state index in [-0.39, 0.29) is 5.92 Å². The van der Waals surface area contributed by atoms with Gasteiger partial charge >= 0.3 is 0 Å². The van der Waals surface area contributed by atoms with Crippen LogP contribution in [0, 0.1) is 41.5 Å². The molecule has 9 aromatic rings. The molecule has 0 bridgehead atoms. The monoisotopic (exact) mass is 750 g/mol. The molecule has 0 aliphatic heterocycles. The molecular weight excluding hydrogens is 705 g/mol. The van der Waals surface area contributed by atoms with Crippen molar-refractivity contribution in [3.63, 3.8) is 0 Å². The first-order chi connectivity index (χ1) is 28.2. The summed E-state index contributed by atoms with van der Waals surface area (Å²) in [5.74, 6) is 1.84. The number of anilines is 3. The highest BCUT2D eigenvalue weighted by atomic mass is 15.3. The molecule has 4 heteroatoms. The van der Waals surface area contributed by atoms with Gasteiger partial charge in [0, 0.05) is 28.4 Å². The molecule has 0 unspecified atom stereocenters. The Morgan fingerprint density at radius 2 is 0.845 bits per heavy atom. The van der Waals surface area contributed by atoms with E-state index in [1.54, 1.807) is 0 Å². The Morgan fingerprint density at radius 3 is 1.41 bits per heavy atom. The summed E-state index contributed by atoms with van der Waals surface area (Å²) in [7, 11) is 0. The Balaban J connectivity index is 1.25. The summed E-state index contributed by atoms with van der Waals surface area (Å²) in [6, 6.07) is 58.4. The number of hydrogen-bond acceptors (Lipinski definition) is 4. The molecule has 0 amide bonds. The SMILES string of the molecule is Cc1cc(C)c(C(c2ccc(N(c3ccc4ccccc4c3)c3nc(-c4ccccc4)nc(-c4ccc5ccccc5c4)n3)cc2)c2c(C)cc(C)cc2C)c(C)c1. The highest BCUT2D eigenvalue weighted by Crippen LogP contribution is 2.42. The second kappa shape index (κ2) is 15.2. The van der Waals surface area contributed by atoms with E-state index < -0.39 is 0 Å². The van der Waals surface area contributed by atoms with Gasteiger partial charge in [0.05, 0.1) is 0 Å². The molecule has 0 saturated heterocycles. The average Bonchev–Trinajstić information content (AvgIpc) is 3.23. The summed E-state index contributed by atoms with van der Waals surface area (Å²) < 4.78 is 0. The smallest absolute Gasteiger partial charge is 0.238 e. The molecule has 9 rings (SSSR count). The number of rotatable bonds is 8. The molecule has 58 heavy (non-hydrogen) atoms. The minimum atomic E-state index is 0.0609. The third-order valence-corrected chi connectivity index (χ3v) is 11.4. The molecule has 0 aliphatic carbocycles. The summed E-state index contributed by atoms with van der Waals surface area (Å²) in [4.78, 5) is 17.8. The number of fused-ring (bicyclic) bond motifs is 2. The van der Waals surface area contributed by atoms with Gasteiger partial charge < -0.3 is 0 Å². The van der Waals surface area contributed by atoms with Crippen LogP contribution >= 0.6 is 0 Å². The van der Waals surface area contributed by atoms with Gasteiger partial charge in [-0.25, -0.2) is 4.98 Å². The zero-order chi connectivity index (χ0) is 39.9. The molecule has 0 saturated carbocycles. The van der Waals surface area contributed by atoms with Gasteiger partial charge in [0.15, 0.2) is 11.6 Å². The predicted octanol–water partition coefficient (Wildman–Crippen LogP) is 14.0. The number of aromatic nitrogens is 3. The van der Waals surface area contributed by atoms with E-state index in [2.05, 4.69) is 192 Å². The van der Waals surface area contributed by atoms with Crippen LogP contribution in [0.15, 0.2) is 164 Å². The highest BCUT2D eigenvalue weighted by molar-refractivity contribution is 5.89. The number of nitrogens with zero attached hydrogens (tertiary/aromatic N) is 4. The lowest BCUT2D eigenvalue weighted by Crippen LogP contribution is -2.16. The summed E-state index contributed by atoms with van der Waals surface area (Å²) in [6.07, 6.45) is 0. The fraction of sp³-hybridized carbons (Fsp3) is 0.130. The molecule has 0 aliphatic rings. The second-order valence-electron chi connectivity index (χ2n) is 15.7. The first-order valence-electron chi connectivity index (χ1n) is 20.1. The molecule has 4 nitrogen and oxygen atoms in total. The van der Waals surface area contributed by atoms with Crippen molar-refractivity contribution in [2.45, 2.75) is 47.5 Å². The molecular formula is C54H46N4. The molecule has 1 aromatic heterocycles. The van der Waals surface area contributed by atoms with E-state index in [1.807, 2.05) is 18.2 Å². The summed E-state index contributed by atoms with van der Waals surface area (Å²) in [5.41, 5.74) is 15.6. The van der Waals surface area contributed by atoms with Gasteiger partial charge in [0.25, 0.3) is 0 Å². The van der Waals surface area contributed by atoms with Gasteiger partial charge in [-0.05, 0) is 132 Å². The molecule has 0 atom stereocenters. The van der Waals surface area contributed by atoms with Gasteiger partial charge in [-0.15, -0.1) is 0 Å². The molecule has 282 valence electrons. The minimum absolute atomic E-state index is 0.0609. The first-order valence-corrected chi connectivity index (χ1v) is 20.1. The normalized spacial score (nSPS) is 11.4. The van der Waals surface area contributed by atoms with E-state index in [4.69, 9.17) is 15.0 Å². The van der Waals surface area contributed by atoms with E-state index >= 15 is 0 Å². The Morgan fingerprint density at radius 1 is 0.379 bits per heavy atom. The van der Waals surface area contributed by atoms with E-state index in [0.717, 1.165) is 33.3 Å². The number of benzene rings is 8. The summed E-state index contributed by atoms with van der Waals surface area (Å²) in [5, 5.41) is 4.63. The lowest BCUT2D eigenvalue weighted by molar-refractivity contribution is 0.919. The zero-order valence-corrected chi connectivity index (χ0v) is 34.0. The van der Waals surface area contributed by atoms with Crippen molar-refractivity contribution in [3.8, 4) is 22.8 Å². The van der Waals surface area contributed by atoms with E-state index in [0.29, 0.717) is 17.6 Å². The van der Waals surface area contributed by atoms with Crippen molar-refractivity contribution < 1.29 is 0 Å². The van der Waals surface area contributed by atoms with Crippen LogP contribution in [0.5, 0.6) is 0 Å². The quantitative estimate of drug-likeness (QED) is 0.145. The van der Waals surface area contributed by atoms with Crippen LogP contribution in [0.3, 0.4) is 0 Å². The fourth-order valence-electron chi connectivity index (χ4n) is 8.92. The topological polar surface area (TPSA) is 41.9 Å². The lowest BCUT2D eigenvalue weighted by Gasteiger charge is -2.28. The molecule has 1 heterocycles. The van der Waals surface area contributed by atoms with Crippen LogP contribution in [-0.2, 0) is 0 Å². The molecule has 0 spiro atoms. The van der Waals surface area contributed by atoms with Crippen molar-refractivity contribution in [1.82, 2.24) is 15.0 Å². The fourth-order valence-corrected chi connectivity index (χ4v) is 8.92. The predicted molar refractivity (Wildman–Crippen MR) is 243 cm³/mol. The largest absolute Gasteiger partial charge is 0.279 e. The van der Waals surface area contributed by atoms with Gasteiger partial charge in [-0.3, -0.25) is 4.90 Å². The summed E-state index contributed by atoms with van der Waals surface area (Å²) >= 11 is 0. The van der Waals surface area contributed by atoms with Gasteiger partial charge in [0.1, 0.15) is 0 Å². The zero-order valence-electron chi connectivity index (χ0n) is 34.0. The minimum Gasteiger partial charge on any atom is -0.279 e. The van der Waals surface area contributed by atoms with Crippen LogP contribution in [0.1, 0.15) is 56.0 Å². The van der Waals surface area contributed by atoms with Crippen LogP contribution in [-0.4, -0.2) is 15.0 Å². The van der Waals surface area contributed by atoms with Gasteiger partial charge in [0.2, 0.25) is 5.95 Å². The number of aryl methyl sites for hydroxylation is 6. The standard InChI is InChI=1S/C54H46N4/c1-34-28-36(3)49(37(4)29-34)51(50-38(5)30-35(2)31-39(50)6)42-23-25-47(26-24-42)58(48-27-22-41-15-11-13-19-45(41)33-48)54-56-52(43-16-8-7-9-17-43)55-53(57-54)46-21-20-40-14-10-12-18-44(40)32-46/h7-33,51H,1-6H3. The maximum atomic E-state index is 5.29. The second-order valence-corrected chi connectivity index (χ2v) is 15.7. The van der Waals surface area contributed by atoms with Crippen molar-refractivity contribution >= 4 is 38.9 Å². The molecule has 0 N–H and O–H groups in total. The van der Waals surface area contributed by atoms with Crippen LogP contribution < -0.4 is 4.90 Å². The van der Waals surface area contributed by atoms with Gasteiger partial charge in [-0.2, -0.15) is 9.97 Å². The van der Waals surface area contributed by atoms with Gasteiger partial charge in [-0.1, -0.05) is 145 Å². The average molecular weight is 751 g/mol. The Labute approximate surface area is 341 Å². The Kier molecular flexibility index (Phi) is 9.63. The van der Waals surface area contributed by atoms with Crippen molar-refractivity contribution in [2.24, 2.45) is 0 Å². The Bertz CT molecular complexity index is 2860. The highest BCUT2D eigenvalue weighted by Gasteiger charge is 2.26. The van der Waals surface area contributed by atoms with Crippen molar-refractivity contribution in [2.75, 3.05) is 4.90 Å². The van der Waals surface area contributed by atoms with Crippen LogP contribution in [0.2, 0.25) is 0 Å². The third kappa shape index (κ3) is 7.03. The third-order valence-electron chi connectivity index (χ3n) is 11.4. The Hall–Kier alpha value is -6.91. The molecule has 0 radical (unpaired) electrons. The van der Waals surface area contributed by atoms with E-state index in [1.165, 1.54) is 60.8 Å².